The van der Waals surface area contributed by atoms with Gasteiger partial charge in [-0.2, -0.15) is 0 Å². The first kappa shape index (κ1) is 70.8. The Bertz CT molecular complexity index is 1370. The Morgan fingerprint density at radius 2 is 0.527 bits per heavy atom. The van der Waals surface area contributed by atoms with Gasteiger partial charge in [0.25, 0.3) is 0 Å². The normalized spacial score (nSPS) is 12.5. The van der Waals surface area contributed by atoms with Crippen molar-refractivity contribution in [3.05, 3.63) is 72.9 Å². The molecule has 0 saturated heterocycles. The van der Waals surface area contributed by atoms with Gasteiger partial charge >= 0.3 is 17.9 Å². The molecule has 0 heterocycles. The van der Waals surface area contributed by atoms with Gasteiger partial charge in [0.2, 0.25) is 0 Å². The third-order valence-electron chi connectivity index (χ3n) is 14.0. The molecule has 0 radical (unpaired) electrons. The Kier molecular flexibility index (Phi) is 59.7. The van der Waals surface area contributed by atoms with E-state index in [1.165, 1.54) is 199 Å². The Hall–Kier alpha value is -3.15. The summed E-state index contributed by atoms with van der Waals surface area (Å²) in [6, 6.07) is 0. The van der Waals surface area contributed by atoms with Crippen molar-refractivity contribution in [2.75, 3.05) is 13.2 Å². The minimum atomic E-state index is -0.814. The van der Waals surface area contributed by atoms with Crippen molar-refractivity contribution >= 4 is 17.9 Å². The molecular formula is C68H120O6. The molecule has 0 bridgehead atoms. The molecule has 0 aliphatic heterocycles. The van der Waals surface area contributed by atoms with Gasteiger partial charge < -0.3 is 14.2 Å². The number of ether oxygens (including phenoxy) is 3. The lowest BCUT2D eigenvalue weighted by Gasteiger charge is -2.18. The van der Waals surface area contributed by atoms with Gasteiger partial charge in [-0.15, -0.1) is 0 Å². The zero-order chi connectivity index (χ0) is 53.6. The fourth-order valence-corrected chi connectivity index (χ4v) is 9.24. The zero-order valence-corrected chi connectivity index (χ0v) is 49.1. The molecule has 1 atom stereocenters. The molecule has 0 spiro atoms. The van der Waals surface area contributed by atoms with Gasteiger partial charge in [0, 0.05) is 19.3 Å². The Labute approximate surface area is 459 Å². The lowest BCUT2D eigenvalue weighted by atomic mass is 10.0. The van der Waals surface area contributed by atoms with Gasteiger partial charge in [-0.3, -0.25) is 14.4 Å². The van der Waals surface area contributed by atoms with Crippen LogP contribution < -0.4 is 0 Å². The van der Waals surface area contributed by atoms with Crippen molar-refractivity contribution < 1.29 is 28.6 Å². The summed E-state index contributed by atoms with van der Waals surface area (Å²) in [5, 5.41) is 0. The number of unbranched alkanes of at least 4 members (excludes halogenated alkanes) is 35. The molecule has 6 nitrogen and oxygen atoms in total. The summed E-state index contributed by atoms with van der Waals surface area (Å²) in [7, 11) is 0. The van der Waals surface area contributed by atoms with Gasteiger partial charge in [0.1, 0.15) is 13.2 Å². The minimum Gasteiger partial charge on any atom is -0.462 e. The Balaban J connectivity index is 4.43. The smallest absolute Gasteiger partial charge is 0.306 e. The highest BCUT2D eigenvalue weighted by Gasteiger charge is 2.19. The van der Waals surface area contributed by atoms with Crippen LogP contribution in [0.25, 0.3) is 0 Å². The molecule has 0 aromatic rings. The van der Waals surface area contributed by atoms with E-state index in [1.807, 2.05) is 6.08 Å². The van der Waals surface area contributed by atoms with E-state index in [0.29, 0.717) is 19.3 Å². The first-order chi connectivity index (χ1) is 36.5. The number of esters is 3. The molecule has 0 saturated carbocycles. The van der Waals surface area contributed by atoms with E-state index in [9.17, 15) is 14.4 Å². The van der Waals surface area contributed by atoms with E-state index in [4.69, 9.17) is 14.2 Å². The lowest BCUT2D eigenvalue weighted by molar-refractivity contribution is -0.166. The molecule has 0 N–H and O–H groups in total. The van der Waals surface area contributed by atoms with Crippen molar-refractivity contribution in [2.24, 2.45) is 0 Å². The Morgan fingerprint density at radius 1 is 0.284 bits per heavy atom. The lowest BCUT2D eigenvalue weighted by Crippen LogP contribution is -2.30. The van der Waals surface area contributed by atoms with Crippen LogP contribution in [0.3, 0.4) is 0 Å². The molecule has 428 valence electrons. The largest absolute Gasteiger partial charge is 0.462 e. The number of carbonyl (C=O) groups is 3. The summed E-state index contributed by atoms with van der Waals surface area (Å²) in [5.41, 5.74) is 0. The van der Waals surface area contributed by atoms with Crippen LogP contribution in [0, 0.1) is 0 Å². The van der Waals surface area contributed by atoms with Crippen LogP contribution >= 0.6 is 0 Å². The number of hydrogen-bond donors (Lipinski definition) is 0. The molecule has 0 amide bonds. The van der Waals surface area contributed by atoms with Crippen molar-refractivity contribution in [3.63, 3.8) is 0 Å². The predicted octanol–water partition coefficient (Wildman–Crippen LogP) is 21.7. The topological polar surface area (TPSA) is 78.9 Å². The summed E-state index contributed by atoms with van der Waals surface area (Å²) in [6.07, 6.45) is 80.6. The first-order valence-corrected chi connectivity index (χ1v) is 31.9. The molecule has 0 aliphatic rings. The summed E-state index contributed by atoms with van der Waals surface area (Å²) < 4.78 is 16.9. The highest BCUT2D eigenvalue weighted by Crippen LogP contribution is 2.17. The summed E-state index contributed by atoms with van der Waals surface area (Å²) in [5.74, 6) is -0.967. The summed E-state index contributed by atoms with van der Waals surface area (Å²) >= 11 is 0. The second kappa shape index (κ2) is 62.4. The number of allylic oxidation sites excluding steroid dienone is 12. The van der Waals surface area contributed by atoms with E-state index in [-0.39, 0.29) is 37.5 Å². The average Bonchev–Trinajstić information content (AvgIpc) is 3.40. The van der Waals surface area contributed by atoms with E-state index >= 15 is 0 Å². The highest BCUT2D eigenvalue weighted by molar-refractivity contribution is 5.71. The van der Waals surface area contributed by atoms with Gasteiger partial charge in [0.05, 0.1) is 0 Å². The molecule has 1 unspecified atom stereocenters. The second-order valence-electron chi connectivity index (χ2n) is 21.3. The maximum Gasteiger partial charge on any atom is 0.306 e. The molecule has 74 heavy (non-hydrogen) atoms. The van der Waals surface area contributed by atoms with Crippen LogP contribution in [-0.2, 0) is 28.6 Å². The standard InChI is InChI=1S/C68H120O6/c1-4-7-10-13-16-19-22-25-28-31-33-35-37-40-43-46-49-52-55-58-61-67(70)73-64-65(63-72-66(69)60-57-54-51-48-45-42-39-36-30-27-24-21-18-15-12-9-6-3)74-68(71)62-59-56-53-50-47-44-41-38-34-32-29-26-23-20-17-14-11-8-5-2/h8,11,17,20,26,29,34,38,44,47,53,56,65H,4-7,9-10,12-16,18-19,21-25,27-28,30-33,35-37,39-43,45-46,48-52,54-55,57-64H2,1-3H3/b11-8-,20-17-,29-26-,38-34-,47-44-,56-53-. The van der Waals surface area contributed by atoms with Crippen molar-refractivity contribution in [1.29, 1.82) is 0 Å². The zero-order valence-electron chi connectivity index (χ0n) is 49.1. The SMILES string of the molecule is CC/C=C\C/C=C\C/C=C\C/C=C\C/C=C\C/C=C\CCC(=O)OC(COC(=O)CCCCCCCCCCCCCCCCCCC)COC(=O)CCCCCCCCCCCCCCCCCCCCCC. The summed E-state index contributed by atoms with van der Waals surface area (Å²) in [6.45, 7) is 6.52. The monoisotopic (exact) mass is 1030 g/mol. The molecular weight excluding hydrogens is 913 g/mol. The molecule has 0 aromatic heterocycles. The van der Waals surface area contributed by atoms with Crippen molar-refractivity contribution in [3.8, 4) is 0 Å². The van der Waals surface area contributed by atoms with Crippen LogP contribution in [-0.4, -0.2) is 37.2 Å². The highest BCUT2D eigenvalue weighted by atomic mass is 16.6. The van der Waals surface area contributed by atoms with E-state index in [1.54, 1.807) is 0 Å². The number of rotatable bonds is 58. The van der Waals surface area contributed by atoms with E-state index < -0.39 is 6.10 Å². The van der Waals surface area contributed by atoms with Crippen LogP contribution in [0.4, 0.5) is 0 Å². The van der Waals surface area contributed by atoms with Gasteiger partial charge in [-0.05, 0) is 57.8 Å². The molecule has 0 rings (SSSR count). The maximum atomic E-state index is 12.9. The molecule has 6 heteroatoms. The van der Waals surface area contributed by atoms with Crippen LogP contribution in [0.1, 0.15) is 323 Å². The molecule has 0 aliphatic carbocycles. The number of hydrogen-bond acceptors (Lipinski definition) is 6. The van der Waals surface area contributed by atoms with Crippen LogP contribution in [0.5, 0.6) is 0 Å². The fourth-order valence-electron chi connectivity index (χ4n) is 9.24. The summed E-state index contributed by atoms with van der Waals surface area (Å²) in [4.78, 5) is 38.3. The number of carbonyl (C=O) groups excluding carboxylic acids is 3. The second-order valence-corrected chi connectivity index (χ2v) is 21.3. The van der Waals surface area contributed by atoms with Crippen LogP contribution in [0.15, 0.2) is 72.9 Å². The minimum absolute atomic E-state index is 0.101. The molecule has 0 fully saturated rings. The van der Waals surface area contributed by atoms with Gasteiger partial charge in [0.15, 0.2) is 6.10 Å². The fraction of sp³-hybridized carbons (Fsp3) is 0.779. The van der Waals surface area contributed by atoms with Crippen molar-refractivity contribution in [2.45, 2.75) is 329 Å². The van der Waals surface area contributed by atoms with Gasteiger partial charge in [-0.25, -0.2) is 0 Å². The molecule has 0 aromatic carbocycles. The first-order valence-electron chi connectivity index (χ1n) is 31.9. The van der Waals surface area contributed by atoms with E-state index in [0.717, 1.165) is 77.0 Å². The third-order valence-corrected chi connectivity index (χ3v) is 14.0. The van der Waals surface area contributed by atoms with Crippen LogP contribution in [0.2, 0.25) is 0 Å². The van der Waals surface area contributed by atoms with E-state index in [2.05, 4.69) is 87.6 Å². The predicted molar refractivity (Wildman–Crippen MR) is 321 cm³/mol. The average molecular weight is 1030 g/mol. The quantitative estimate of drug-likeness (QED) is 0.0261. The van der Waals surface area contributed by atoms with Crippen molar-refractivity contribution in [1.82, 2.24) is 0 Å². The Morgan fingerprint density at radius 3 is 0.797 bits per heavy atom. The third kappa shape index (κ3) is 59.7. The maximum absolute atomic E-state index is 12.9. The van der Waals surface area contributed by atoms with Gasteiger partial charge in [-0.1, -0.05) is 318 Å².